The van der Waals surface area contributed by atoms with Gasteiger partial charge in [0.05, 0.1) is 13.1 Å². The third kappa shape index (κ3) is 4.81. The van der Waals surface area contributed by atoms with Crippen molar-refractivity contribution < 1.29 is 19.5 Å². The molecule has 1 aromatic carbocycles. The molecule has 0 saturated carbocycles. The summed E-state index contributed by atoms with van der Waals surface area (Å²) in [6.45, 7) is -0.387. The minimum absolute atomic E-state index is 0.194. The first-order chi connectivity index (χ1) is 9.40. The van der Waals surface area contributed by atoms with Crippen LogP contribution in [0, 0.1) is 0 Å². The second-order valence-electron chi connectivity index (χ2n) is 4.02. The van der Waals surface area contributed by atoms with Gasteiger partial charge in [-0.3, -0.25) is 9.59 Å². The minimum Gasteiger partial charge on any atom is -0.478 e. The fourth-order valence-electron chi connectivity index (χ4n) is 1.68. The molecular weight excluding hydrogens is 262 g/mol. The summed E-state index contributed by atoms with van der Waals surface area (Å²) in [4.78, 5) is 34.1. The van der Waals surface area contributed by atoms with E-state index in [0.717, 1.165) is 6.08 Å². The van der Waals surface area contributed by atoms with Crippen molar-refractivity contribution >= 4 is 29.5 Å². The van der Waals surface area contributed by atoms with Crippen LogP contribution in [0.2, 0.25) is 0 Å². The fourth-order valence-corrected chi connectivity index (χ4v) is 1.68. The predicted molar refractivity (Wildman–Crippen MR) is 73.7 cm³/mol. The standard InChI is InChI=1S/C13H15N3O4/c14-11(17)7-16(8-12(15)18)10-4-2-1-3-9(10)5-6-13(19)20/h1-6H,7-8H2,(H2,14,17)(H2,15,18)(H,19,20). The maximum Gasteiger partial charge on any atom is 0.328 e. The van der Waals surface area contributed by atoms with Crippen LogP contribution in [0.25, 0.3) is 6.08 Å². The van der Waals surface area contributed by atoms with E-state index in [0.29, 0.717) is 11.3 Å². The summed E-state index contributed by atoms with van der Waals surface area (Å²) in [5.41, 5.74) is 11.3. The summed E-state index contributed by atoms with van der Waals surface area (Å²) in [6.07, 6.45) is 2.33. The molecule has 106 valence electrons. The molecule has 0 heterocycles. The Balaban J connectivity index is 3.14. The molecule has 5 N–H and O–H groups in total. The molecule has 0 spiro atoms. The molecule has 2 amide bonds. The van der Waals surface area contributed by atoms with E-state index in [2.05, 4.69) is 0 Å². The molecule has 20 heavy (non-hydrogen) atoms. The molecule has 0 aliphatic rings. The topological polar surface area (TPSA) is 127 Å². The van der Waals surface area contributed by atoms with Gasteiger partial charge in [0, 0.05) is 11.8 Å². The van der Waals surface area contributed by atoms with E-state index in [9.17, 15) is 14.4 Å². The first kappa shape index (κ1) is 15.2. The molecule has 0 saturated heterocycles. The van der Waals surface area contributed by atoms with Crippen LogP contribution in [0.1, 0.15) is 5.56 Å². The predicted octanol–water partition coefficient (Wildman–Crippen LogP) is -0.439. The zero-order chi connectivity index (χ0) is 15.1. The quantitative estimate of drug-likeness (QED) is 0.582. The maximum atomic E-state index is 11.1. The number of carboxylic acids is 1. The van der Waals surface area contributed by atoms with Crippen LogP contribution >= 0.6 is 0 Å². The van der Waals surface area contributed by atoms with Crippen molar-refractivity contribution in [1.29, 1.82) is 0 Å². The highest BCUT2D eigenvalue weighted by molar-refractivity contribution is 5.89. The van der Waals surface area contributed by atoms with E-state index in [1.165, 1.54) is 11.0 Å². The number of benzene rings is 1. The minimum atomic E-state index is -1.10. The summed E-state index contributed by atoms with van der Waals surface area (Å²) in [7, 11) is 0. The largest absolute Gasteiger partial charge is 0.478 e. The number of hydrogen-bond donors (Lipinski definition) is 3. The lowest BCUT2D eigenvalue weighted by Gasteiger charge is -2.23. The first-order valence-electron chi connectivity index (χ1n) is 5.71. The second kappa shape index (κ2) is 6.93. The van der Waals surface area contributed by atoms with Gasteiger partial charge in [-0.25, -0.2) is 4.79 Å². The molecule has 0 radical (unpaired) electrons. The van der Waals surface area contributed by atoms with Crippen LogP contribution < -0.4 is 16.4 Å². The molecule has 7 heteroatoms. The smallest absolute Gasteiger partial charge is 0.328 e. The van der Waals surface area contributed by atoms with Gasteiger partial charge < -0.3 is 21.5 Å². The van der Waals surface area contributed by atoms with Gasteiger partial charge in [-0.15, -0.1) is 0 Å². The Hall–Kier alpha value is -2.83. The molecule has 0 aliphatic carbocycles. The number of primary amides is 2. The zero-order valence-electron chi connectivity index (χ0n) is 10.7. The van der Waals surface area contributed by atoms with E-state index < -0.39 is 17.8 Å². The average molecular weight is 277 g/mol. The van der Waals surface area contributed by atoms with Crippen molar-refractivity contribution in [3.63, 3.8) is 0 Å². The van der Waals surface area contributed by atoms with Crippen LogP contribution in [0.5, 0.6) is 0 Å². The number of nitrogens with zero attached hydrogens (tertiary/aromatic N) is 1. The van der Waals surface area contributed by atoms with Crippen molar-refractivity contribution in [2.75, 3.05) is 18.0 Å². The van der Waals surface area contributed by atoms with Crippen LogP contribution in [0.15, 0.2) is 30.3 Å². The number of amides is 2. The molecule has 1 rings (SSSR count). The van der Waals surface area contributed by atoms with Gasteiger partial charge >= 0.3 is 5.97 Å². The van der Waals surface area contributed by atoms with Gasteiger partial charge in [0.25, 0.3) is 0 Å². The summed E-state index contributed by atoms with van der Waals surface area (Å²) in [5.74, 6) is -2.34. The van der Waals surface area contributed by atoms with E-state index in [-0.39, 0.29) is 13.1 Å². The third-order valence-corrected chi connectivity index (χ3v) is 2.38. The number of aliphatic carboxylic acids is 1. The number of carbonyl (C=O) groups excluding carboxylic acids is 2. The van der Waals surface area contributed by atoms with Crippen LogP contribution in [0.3, 0.4) is 0 Å². The van der Waals surface area contributed by atoms with E-state index in [1.54, 1.807) is 24.3 Å². The van der Waals surface area contributed by atoms with Crippen molar-refractivity contribution in [1.82, 2.24) is 0 Å². The number of nitrogens with two attached hydrogens (primary N) is 2. The Morgan fingerprint density at radius 1 is 1.10 bits per heavy atom. The Morgan fingerprint density at radius 2 is 1.65 bits per heavy atom. The zero-order valence-corrected chi connectivity index (χ0v) is 10.7. The fraction of sp³-hybridized carbons (Fsp3) is 0.154. The molecular formula is C13H15N3O4. The highest BCUT2D eigenvalue weighted by Crippen LogP contribution is 2.21. The van der Waals surface area contributed by atoms with E-state index in [4.69, 9.17) is 16.6 Å². The average Bonchev–Trinajstić information content (AvgIpc) is 2.34. The molecule has 0 fully saturated rings. The molecule has 0 unspecified atom stereocenters. The Labute approximate surface area is 115 Å². The lowest BCUT2D eigenvalue weighted by Crippen LogP contribution is -2.40. The van der Waals surface area contributed by atoms with Crippen LogP contribution in [0.4, 0.5) is 5.69 Å². The van der Waals surface area contributed by atoms with Gasteiger partial charge in [0.2, 0.25) is 11.8 Å². The maximum absolute atomic E-state index is 11.1. The molecule has 7 nitrogen and oxygen atoms in total. The molecule has 1 aromatic rings. The summed E-state index contributed by atoms with van der Waals surface area (Å²) < 4.78 is 0. The Morgan fingerprint density at radius 3 is 2.15 bits per heavy atom. The number of hydrogen-bond acceptors (Lipinski definition) is 4. The van der Waals surface area contributed by atoms with Crippen molar-refractivity contribution in [2.45, 2.75) is 0 Å². The molecule has 0 aliphatic heterocycles. The lowest BCUT2D eigenvalue weighted by atomic mass is 10.1. The van der Waals surface area contributed by atoms with Crippen LogP contribution in [-0.4, -0.2) is 36.0 Å². The second-order valence-corrected chi connectivity index (χ2v) is 4.02. The van der Waals surface area contributed by atoms with Crippen molar-refractivity contribution in [3.8, 4) is 0 Å². The molecule has 0 bridgehead atoms. The summed E-state index contributed by atoms with van der Waals surface area (Å²) >= 11 is 0. The monoisotopic (exact) mass is 277 g/mol. The van der Waals surface area contributed by atoms with Crippen molar-refractivity contribution in [3.05, 3.63) is 35.9 Å². The molecule has 0 atom stereocenters. The lowest BCUT2D eigenvalue weighted by molar-refractivity contribution is -0.131. The van der Waals surface area contributed by atoms with Crippen LogP contribution in [-0.2, 0) is 14.4 Å². The SMILES string of the molecule is NC(=O)CN(CC(N)=O)c1ccccc1C=CC(=O)O. The van der Waals surface area contributed by atoms with E-state index in [1.807, 2.05) is 0 Å². The Bertz CT molecular complexity index is 538. The summed E-state index contributed by atoms with van der Waals surface area (Å²) in [6, 6.07) is 6.71. The van der Waals surface area contributed by atoms with E-state index >= 15 is 0 Å². The number of carboxylic acid groups (broad SMARTS) is 1. The number of anilines is 1. The number of para-hydroxylation sites is 1. The van der Waals surface area contributed by atoms with Gasteiger partial charge in [-0.05, 0) is 17.7 Å². The number of carbonyl (C=O) groups is 3. The highest BCUT2D eigenvalue weighted by Gasteiger charge is 2.14. The molecule has 0 aromatic heterocycles. The normalized spacial score (nSPS) is 10.4. The highest BCUT2D eigenvalue weighted by atomic mass is 16.4. The van der Waals surface area contributed by atoms with Gasteiger partial charge in [0.1, 0.15) is 0 Å². The van der Waals surface area contributed by atoms with Gasteiger partial charge in [0.15, 0.2) is 0 Å². The van der Waals surface area contributed by atoms with Gasteiger partial charge in [-0.2, -0.15) is 0 Å². The third-order valence-electron chi connectivity index (χ3n) is 2.38. The first-order valence-corrected chi connectivity index (χ1v) is 5.71. The Kier molecular flexibility index (Phi) is 5.28. The summed E-state index contributed by atoms with van der Waals surface area (Å²) in [5, 5.41) is 8.65. The van der Waals surface area contributed by atoms with Crippen molar-refractivity contribution in [2.24, 2.45) is 11.5 Å². The van der Waals surface area contributed by atoms with Gasteiger partial charge in [-0.1, -0.05) is 18.2 Å². The number of rotatable bonds is 7.